The molecule has 1 aliphatic rings. The van der Waals surface area contributed by atoms with Gasteiger partial charge in [0.05, 0.1) is 6.61 Å². The molecule has 3 rings (SSSR count). The van der Waals surface area contributed by atoms with E-state index >= 15 is 0 Å². The first-order valence-corrected chi connectivity index (χ1v) is 10.4. The molecule has 0 aliphatic carbocycles. The average molecular weight is 482 g/mol. The predicted octanol–water partition coefficient (Wildman–Crippen LogP) is -1.13. The van der Waals surface area contributed by atoms with E-state index < -0.39 is 59.2 Å². The van der Waals surface area contributed by atoms with Crippen LogP contribution in [0.4, 0.5) is 0 Å². The Morgan fingerprint density at radius 1 is 1.22 bits per heavy atom. The summed E-state index contributed by atoms with van der Waals surface area (Å²) < 4.78 is 51.0. The monoisotopic (exact) mass is 482 g/mol. The van der Waals surface area contributed by atoms with Gasteiger partial charge in [0, 0.05) is 54.0 Å². The maximum atomic E-state index is 11.6. The van der Waals surface area contributed by atoms with Gasteiger partial charge in [-0.15, -0.1) is 0 Å². The van der Waals surface area contributed by atoms with E-state index in [9.17, 15) is 28.2 Å². The van der Waals surface area contributed by atoms with E-state index in [2.05, 4.69) is 9.50 Å². The Morgan fingerprint density at radius 3 is 2.53 bits per heavy atom. The third kappa shape index (κ3) is 6.50. The van der Waals surface area contributed by atoms with Crippen LogP contribution in [-0.2, 0) is 24.1 Å². The van der Waals surface area contributed by atoms with Crippen LogP contribution >= 0.6 is 0 Å². The van der Waals surface area contributed by atoms with Crippen LogP contribution < -0.4 is 15.7 Å². The molecule has 12 nitrogen and oxygen atoms in total. The van der Waals surface area contributed by atoms with Gasteiger partial charge in [-0.3, -0.25) is 9.35 Å². The molecule has 14 heteroatoms. The van der Waals surface area contributed by atoms with E-state index in [0.717, 1.165) is 0 Å². The summed E-state index contributed by atoms with van der Waals surface area (Å²) in [4.78, 5) is 23.2. The van der Waals surface area contributed by atoms with Crippen molar-refractivity contribution in [1.29, 1.82) is 0 Å². The smallest absolute Gasteiger partial charge is 0.397 e. The first-order chi connectivity index (χ1) is 14.4. The zero-order valence-corrected chi connectivity index (χ0v) is 20.2. The number of carbonyl (C=O) groups excluding carboxylic acids is 1. The number of amides is 1. The van der Waals surface area contributed by atoms with Gasteiger partial charge in [-0.1, -0.05) is 0 Å². The summed E-state index contributed by atoms with van der Waals surface area (Å²) in [6.07, 6.45) is -6.12. The minimum absolute atomic E-state index is 0. The summed E-state index contributed by atoms with van der Waals surface area (Å²) in [5.74, 6) is -0.416. The van der Waals surface area contributed by atoms with Gasteiger partial charge in [0.1, 0.15) is 35.7 Å². The second-order valence-corrected chi connectivity index (χ2v) is 8.08. The average Bonchev–Trinajstić information content (AvgIpc) is 2.65. The number of hydrogen-bond acceptors (Lipinski definition) is 10. The standard InChI is InChI=1S/C18H21NO11S.Na/c1-8-5-14(21)29-12-6-10(3-4-11(8)12)28-18-15(19-9(2)20)17(23)16(22)13(30-18)7-27-31(24,25)26;/h3-6,13,15-18,22-23H,7H2,1-2H3,(H,19,20)(H,24,25,26);/t13-,15-,16-,17-,18-;/m1./s1. The topological polar surface area (TPSA) is 182 Å². The van der Waals surface area contributed by atoms with E-state index in [1.807, 2.05) is 0 Å². The Bertz CT molecular complexity index is 1140. The van der Waals surface area contributed by atoms with Gasteiger partial charge in [-0.2, -0.15) is 8.42 Å². The van der Waals surface area contributed by atoms with Crippen molar-refractivity contribution in [2.75, 3.05) is 6.61 Å². The Kier molecular flexibility index (Phi) is 8.83. The molecule has 0 bridgehead atoms. The van der Waals surface area contributed by atoms with Crippen LogP contribution in [0.1, 0.15) is 12.5 Å². The van der Waals surface area contributed by atoms with Gasteiger partial charge in [0.25, 0.3) is 0 Å². The molecule has 2 heterocycles. The van der Waals surface area contributed by atoms with E-state index in [0.29, 0.717) is 10.9 Å². The maximum Gasteiger partial charge on any atom is 0.397 e. The van der Waals surface area contributed by atoms with Crippen molar-refractivity contribution in [3.63, 3.8) is 0 Å². The summed E-state index contributed by atoms with van der Waals surface area (Å²) in [6.45, 7) is 2.08. The zero-order chi connectivity index (χ0) is 22.9. The number of hydrogen-bond donors (Lipinski definition) is 4. The van der Waals surface area contributed by atoms with Crippen molar-refractivity contribution in [2.45, 2.75) is 44.5 Å². The molecule has 0 saturated carbocycles. The van der Waals surface area contributed by atoms with Crippen LogP contribution in [-0.4, -0.2) is 95.9 Å². The molecule has 5 atom stereocenters. The zero-order valence-electron chi connectivity index (χ0n) is 17.4. The largest absolute Gasteiger partial charge is 0.462 e. The molecule has 1 aromatic heterocycles. The number of rotatable bonds is 6. The third-order valence-corrected chi connectivity index (χ3v) is 5.06. The van der Waals surface area contributed by atoms with E-state index in [4.69, 9.17) is 18.4 Å². The Hall–Kier alpha value is -1.55. The molecule has 171 valence electrons. The Morgan fingerprint density at radius 2 is 1.91 bits per heavy atom. The fraction of sp³-hybridized carbons (Fsp3) is 0.444. The first kappa shape index (κ1) is 26.7. The summed E-state index contributed by atoms with van der Waals surface area (Å²) >= 11 is 0. The van der Waals surface area contributed by atoms with Crippen LogP contribution in [0, 0.1) is 6.92 Å². The van der Waals surface area contributed by atoms with Crippen LogP contribution in [0.2, 0.25) is 0 Å². The van der Waals surface area contributed by atoms with Crippen LogP contribution in [0.15, 0.2) is 33.5 Å². The molecule has 0 spiro atoms. The summed E-state index contributed by atoms with van der Waals surface area (Å²) in [5.41, 5.74) is 0.346. The number of ether oxygens (including phenoxy) is 2. The molecular weight excluding hydrogens is 461 g/mol. The Balaban J connectivity index is 0.00000363. The molecule has 1 aliphatic heterocycles. The normalized spacial score (nSPS) is 25.7. The van der Waals surface area contributed by atoms with Gasteiger partial charge >= 0.3 is 16.0 Å². The fourth-order valence-corrected chi connectivity index (χ4v) is 3.53. The number of aryl methyl sites for hydroxylation is 1. The number of aliphatic hydroxyl groups is 2. The molecule has 1 fully saturated rings. The molecule has 4 N–H and O–H groups in total. The predicted molar refractivity (Wildman–Crippen MR) is 109 cm³/mol. The minimum Gasteiger partial charge on any atom is -0.462 e. The second-order valence-electron chi connectivity index (χ2n) is 6.99. The van der Waals surface area contributed by atoms with E-state index in [1.165, 1.54) is 25.1 Å². The molecular formula is C18H21NNaO11S. The van der Waals surface area contributed by atoms with Crippen molar-refractivity contribution < 1.29 is 46.1 Å². The van der Waals surface area contributed by atoms with Gasteiger partial charge in [0.2, 0.25) is 12.2 Å². The molecule has 1 radical (unpaired) electrons. The number of fused-ring (bicyclic) bond motifs is 1. The van der Waals surface area contributed by atoms with Crippen molar-refractivity contribution in [3.05, 3.63) is 40.2 Å². The van der Waals surface area contributed by atoms with Crippen LogP contribution in [0.5, 0.6) is 5.75 Å². The molecule has 1 aromatic carbocycles. The molecule has 1 saturated heterocycles. The van der Waals surface area contributed by atoms with Crippen molar-refractivity contribution in [2.24, 2.45) is 0 Å². The number of benzene rings is 1. The minimum atomic E-state index is -4.83. The van der Waals surface area contributed by atoms with E-state index in [1.54, 1.807) is 13.0 Å². The number of aliphatic hydroxyl groups excluding tert-OH is 2. The van der Waals surface area contributed by atoms with Crippen LogP contribution in [0.25, 0.3) is 11.0 Å². The Labute approximate surface area is 204 Å². The molecule has 1 amide bonds. The van der Waals surface area contributed by atoms with Gasteiger partial charge in [-0.25, -0.2) is 8.98 Å². The van der Waals surface area contributed by atoms with E-state index in [-0.39, 0.29) is 40.9 Å². The first-order valence-electron chi connectivity index (χ1n) is 9.06. The van der Waals surface area contributed by atoms with Crippen LogP contribution in [0.3, 0.4) is 0 Å². The van der Waals surface area contributed by atoms with Crippen molar-refractivity contribution in [3.8, 4) is 5.75 Å². The third-order valence-electron chi connectivity index (χ3n) is 4.63. The van der Waals surface area contributed by atoms with Crippen molar-refractivity contribution >= 4 is 56.8 Å². The SMILES string of the molecule is CC(=O)N[C@H]1[C@H](Oc2ccc3c(C)cc(=O)oc3c2)O[C@H](COS(=O)(=O)O)[C@@H](O)[C@@H]1O.[Na]. The van der Waals surface area contributed by atoms with Gasteiger partial charge < -0.3 is 29.4 Å². The molecule has 32 heavy (non-hydrogen) atoms. The maximum absolute atomic E-state index is 11.6. The number of carbonyl (C=O) groups is 1. The fourth-order valence-electron chi connectivity index (χ4n) is 3.22. The van der Waals surface area contributed by atoms with Crippen molar-refractivity contribution in [1.82, 2.24) is 5.32 Å². The summed E-state index contributed by atoms with van der Waals surface area (Å²) in [6, 6.07) is 4.65. The molecule has 2 aromatic rings. The second kappa shape index (κ2) is 10.6. The summed E-state index contributed by atoms with van der Waals surface area (Å²) in [7, 11) is -4.83. The molecule has 0 unspecified atom stereocenters. The quantitative estimate of drug-likeness (QED) is 0.222. The van der Waals surface area contributed by atoms with Gasteiger partial charge in [0.15, 0.2) is 0 Å². The number of nitrogens with one attached hydrogen (secondary N) is 1. The summed E-state index contributed by atoms with van der Waals surface area (Å²) in [5, 5.41) is 23.7. The van der Waals surface area contributed by atoms with Gasteiger partial charge in [-0.05, 0) is 24.6 Å².